The second kappa shape index (κ2) is 8.37. The molecule has 0 amide bonds. The van der Waals surface area contributed by atoms with Crippen molar-refractivity contribution in [1.82, 2.24) is 0 Å². The normalized spacial score (nSPS) is 45.9. The standard InChI is InChI=1S/C17H24O12/c18-5-17(6-3-1-2-4-7(6)19)13(9(21)11(23)15(26)29-17)27-16-12(24)8(20)10(22)14(25)28-16/h1-4,8-16,18-26H,5H2/t8-,9-,10-,11+,12+,13-,14-,15+,16+,17-/m0/s1. The fourth-order valence-electron chi connectivity index (χ4n) is 3.51. The SMILES string of the molecule is OC[C@@]1(c2ccccc2O)O[C@@H](O)[C@H](O)[C@H](O)[C@@H]1O[C@@H]1O[C@H](O)[C@@H](O)[C@H](O)[C@H]1O. The van der Waals surface area contributed by atoms with Gasteiger partial charge in [0.25, 0.3) is 0 Å². The molecule has 0 radical (unpaired) electrons. The van der Waals surface area contributed by atoms with Crippen molar-refractivity contribution in [3.8, 4) is 5.75 Å². The predicted molar refractivity (Wildman–Crippen MR) is 89.7 cm³/mol. The number of rotatable bonds is 4. The molecule has 0 saturated carbocycles. The van der Waals surface area contributed by atoms with Crippen LogP contribution in [0.2, 0.25) is 0 Å². The van der Waals surface area contributed by atoms with Crippen molar-refractivity contribution in [2.24, 2.45) is 0 Å². The molecule has 0 aliphatic carbocycles. The minimum absolute atomic E-state index is 0.121. The molecule has 2 saturated heterocycles. The van der Waals surface area contributed by atoms with E-state index in [4.69, 9.17) is 14.2 Å². The smallest absolute Gasteiger partial charge is 0.189 e. The number of hydrogen-bond acceptors (Lipinski definition) is 12. The van der Waals surface area contributed by atoms with Crippen LogP contribution in [-0.2, 0) is 19.8 Å². The Balaban J connectivity index is 2.01. The van der Waals surface area contributed by atoms with Gasteiger partial charge >= 0.3 is 0 Å². The summed E-state index contributed by atoms with van der Waals surface area (Å²) in [6.45, 7) is -0.966. The molecule has 2 heterocycles. The van der Waals surface area contributed by atoms with Gasteiger partial charge in [-0.2, -0.15) is 0 Å². The first-order chi connectivity index (χ1) is 13.6. The van der Waals surface area contributed by atoms with Crippen molar-refractivity contribution < 1.29 is 60.2 Å². The van der Waals surface area contributed by atoms with Crippen molar-refractivity contribution in [3.63, 3.8) is 0 Å². The minimum Gasteiger partial charge on any atom is -0.508 e. The Morgan fingerprint density at radius 2 is 1.45 bits per heavy atom. The van der Waals surface area contributed by atoms with Crippen LogP contribution >= 0.6 is 0 Å². The summed E-state index contributed by atoms with van der Waals surface area (Å²) < 4.78 is 15.7. The lowest BCUT2D eigenvalue weighted by Gasteiger charge is -2.50. The molecule has 2 aliphatic heterocycles. The summed E-state index contributed by atoms with van der Waals surface area (Å²) in [6, 6.07) is 5.48. The number of benzene rings is 1. The van der Waals surface area contributed by atoms with E-state index < -0.39 is 73.5 Å². The number of aromatic hydroxyl groups is 1. The van der Waals surface area contributed by atoms with Gasteiger partial charge in [0.2, 0.25) is 0 Å². The maximum absolute atomic E-state index is 10.5. The highest BCUT2D eigenvalue weighted by atomic mass is 16.8. The van der Waals surface area contributed by atoms with Crippen molar-refractivity contribution in [3.05, 3.63) is 29.8 Å². The molecule has 2 fully saturated rings. The summed E-state index contributed by atoms with van der Waals surface area (Å²) in [7, 11) is 0. The highest BCUT2D eigenvalue weighted by Crippen LogP contribution is 2.43. The van der Waals surface area contributed by atoms with E-state index in [-0.39, 0.29) is 5.56 Å². The first-order valence-electron chi connectivity index (χ1n) is 8.78. The number of aliphatic hydroxyl groups is 8. The molecule has 0 bridgehead atoms. The zero-order valence-electron chi connectivity index (χ0n) is 15.0. The maximum atomic E-state index is 10.5. The Morgan fingerprint density at radius 1 is 0.828 bits per heavy atom. The summed E-state index contributed by atoms with van der Waals surface area (Å²) in [4.78, 5) is 0. The van der Waals surface area contributed by atoms with Crippen LogP contribution in [0.4, 0.5) is 0 Å². The molecule has 3 rings (SSSR count). The molecule has 12 nitrogen and oxygen atoms in total. The highest BCUT2D eigenvalue weighted by molar-refractivity contribution is 5.39. The lowest BCUT2D eigenvalue weighted by atomic mass is 9.81. The second-order valence-electron chi connectivity index (χ2n) is 6.98. The fourth-order valence-corrected chi connectivity index (χ4v) is 3.51. The van der Waals surface area contributed by atoms with Gasteiger partial charge in [0, 0.05) is 5.56 Å². The van der Waals surface area contributed by atoms with Crippen LogP contribution in [0.25, 0.3) is 0 Å². The Hall–Kier alpha value is -1.42. The number of hydrogen-bond donors (Lipinski definition) is 9. The number of para-hydroxylation sites is 1. The monoisotopic (exact) mass is 420 g/mol. The van der Waals surface area contributed by atoms with E-state index in [9.17, 15) is 46.0 Å². The van der Waals surface area contributed by atoms with Gasteiger partial charge in [-0.1, -0.05) is 18.2 Å². The summed E-state index contributed by atoms with van der Waals surface area (Å²) in [5, 5.41) is 90.0. The molecule has 10 atom stereocenters. The Bertz CT molecular complexity index is 703. The Morgan fingerprint density at radius 3 is 2.07 bits per heavy atom. The maximum Gasteiger partial charge on any atom is 0.189 e. The second-order valence-corrected chi connectivity index (χ2v) is 6.98. The zero-order valence-corrected chi connectivity index (χ0v) is 15.0. The molecular formula is C17H24O12. The largest absolute Gasteiger partial charge is 0.508 e. The van der Waals surface area contributed by atoms with E-state index in [2.05, 4.69) is 0 Å². The van der Waals surface area contributed by atoms with Crippen LogP contribution in [-0.4, -0.2) is 108 Å². The quantitative estimate of drug-likeness (QED) is 0.227. The van der Waals surface area contributed by atoms with Crippen LogP contribution in [0.15, 0.2) is 24.3 Å². The fraction of sp³-hybridized carbons (Fsp3) is 0.647. The van der Waals surface area contributed by atoms with Crippen LogP contribution in [0, 0.1) is 0 Å². The molecule has 0 unspecified atom stereocenters. The van der Waals surface area contributed by atoms with Crippen LogP contribution in [0.3, 0.4) is 0 Å². The molecule has 2 aliphatic rings. The first-order valence-corrected chi connectivity index (χ1v) is 8.78. The van der Waals surface area contributed by atoms with Gasteiger partial charge in [-0.05, 0) is 6.07 Å². The van der Waals surface area contributed by atoms with Gasteiger partial charge in [-0.25, -0.2) is 0 Å². The van der Waals surface area contributed by atoms with Crippen molar-refractivity contribution in [2.45, 2.75) is 61.1 Å². The molecule has 1 aromatic carbocycles. The summed E-state index contributed by atoms with van der Waals surface area (Å²) >= 11 is 0. The van der Waals surface area contributed by atoms with Gasteiger partial charge in [-0.3, -0.25) is 0 Å². The molecule has 29 heavy (non-hydrogen) atoms. The summed E-state index contributed by atoms with van der Waals surface area (Å²) in [5.74, 6) is -0.397. The molecule has 9 N–H and O–H groups in total. The van der Waals surface area contributed by atoms with Crippen LogP contribution in [0.5, 0.6) is 5.75 Å². The number of phenols is 1. The highest BCUT2D eigenvalue weighted by Gasteiger charge is 2.58. The minimum atomic E-state index is -2.14. The molecule has 0 aromatic heterocycles. The van der Waals surface area contributed by atoms with Crippen LogP contribution in [0.1, 0.15) is 5.56 Å². The lowest BCUT2D eigenvalue weighted by Crippen LogP contribution is -2.67. The number of ether oxygens (including phenoxy) is 3. The van der Waals surface area contributed by atoms with Crippen molar-refractivity contribution in [2.75, 3.05) is 6.61 Å². The molecular weight excluding hydrogens is 396 g/mol. The summed E-state index contributed by atoms with van der Waals surface area (Å²) in [6.07, 6.45) is -17.0. The van der Waals surface area contributed by atoms with Crippen molar-refractivity contribution >= 4 is 0 Å². The molecule has 164 valence electrons. The summed E-state index contributed by atoms with van der Waals surface area (Å²) in [5.41, 5.74) is -2.26. The van der Waals surface area contributed by atoms with Gasteiger partial charge in [0.1, 0.15) is 42.4 Å². The van der Waals surface area contributed by atoms with Gasteiger partial charge in [0.05, 0.1) is 6.61 Å². The number of phenolic OH excluding ortho intramolecular Hbond substituents is 1. The average Bonchev–Trinajstić information content (AvgIpc) is 2.71. The van der Waals surface area contributed by atoms with E-state index in [1.165, 1.54) is 24.3 Å². The Kier molecular flexibility index (Phi) is 6.43. The zero-order chi connectivity index (χ0) is 21.5. The van der Waals surface area contributed by atoms with E-state index in [1.807, 2.05) is 0 Å². The van der Waals surface area contributed by atoms with Gasteiger partial charge < -0.3 is 60.2 Å². The van der Waals surface area contributed by atoms with Crippen LogP contribution < -0.4 is 0 Å². The first kappa shape index (κ1) is 22.3. The topological polar surface area (TPSA) is 210 Å². The third-order valence-electron chi connectivity index (χ3n) is 5.16. The van der Waals surface area contributed by atoms with E-state index >= 15 is 0 Å². The van der Waals surface area contributed by atoms with E-state index in [1.54, 1.807) is 0 Å². The molecule has 0 spiro atoms. The third-order valence-corrected chi connectivity index (χ3v) is 5.16. The molecule has 12 heteroatoms. The Labute approximate surface area is 164 Å². The average molecular weight is 420 g/mol. The van der Waals surface area contributed by atoms with Gasteiger partial charge in [0.15, 0.2) is 24.5 Å². The van der Waals surface area contributed by atoms with Gasteiger partial charge in [-0.15, -0.1) is 0 Å². The van der Waals surface area contributed by atoms with E-state index in [0.717, 1.165) is 0 Å². The lowest BCUT2D eigenvalue weighted by molar-refractivity contribution is -0.395. The van der Waals surface area contributed by atoms with E-state index in [0.29, 0.717) is 0 Å². The molecule has 1 aromatic rings. The predicted octanol–water partition coefficient (Wildman–Crippen LogP) is -4.21. The third kappa shape index (κ3) is 3.73. The van der Waals surface area contributed by atoms with Crippen molar-refractivity contribution in [1.29, 1.82) is 0 Å². The number of aliphatic hydroxyl groups excluding tert-OH is 8.